The van der Waals surface area contributed by atoms with Gasteiger partial charge in [-0.2, -0.15) is 0 Å². The van der Waals surface area contributed by atoms with Crippen molar-refractivity contribution >= 4 is 5.91 Å². The van der Waals surface area contributed by atoms with Crippen molar-refractivity contribution in [3.8, 4) is 17.2 Å². The molecule has 0 bridgehead atoms. The van der Waals surface area contributed by atoms with E-state index >= 15 is 0 Å². The molecule has 2 aliphatic rings. The number of amides is 1. The lowest BCUT2D eigenvalue weighted by Crippen LogP contribution is -2.41. The molecule has 8 heteroatoms. The minimum atomic E-state index is -4.73. The first-order chi connectivity index (χ1) is 15.8. The second-order valence-electron chi connectivity index (χ2n) is 8.71. The third-order valence-corrected chi connectivity index (χ3v) is 6.36. The van der Waals surface area contributed by atoms with Crippen LogP contribution in [0.5, 0.6) is 17.2 Å². The second-order valence-corrected chi connectivity index (χ2v) is 8.71. The fourth-order valence-electron chi connectivity index (χ4n) is 4.67. The predicted octanol–water partition coefficient (Wildman–Crippen LogP) is 5.38. The van der Waals surface area contributed by atoms with Crippen LogP contribution in [0.3, 0.4) is 0 Å². The summed E-state index contributed by atoms with van der Waals surface area (Å²) in [5.74, 6) is 0.943. The van der Waals surface area contributed by atoms with Crippen molar-refractivity contribution in [2.45, 2.75) is 56.9 Å². The topological polar surface area (TPSA) is 56.8 Å². The van der Waals surface area contributed by atoms with Crippen LogP contribution in [0.2, 0.25) is 0 Å². The third-order valence-electron chi connectivity index (χ3n) is 6.36. The van der Waals surface area contributed by atoms with Crippen LogP contribution in [-0.2, 0) is 11.2 Å². The molecular weight excluding hydrogens is 435 g/mol. The van der Waals surface area contributed by atoms with Gasteiger partial charge in [0.15, 0.2) is 11.5 Å². The zero-order valence-electron chi connectivity index (χ0n) is 18.5. The number of rotatable bonds is 7. The lowest BCUT2D eigenvalue weighted by Gasteiger charge is -2.30. The molecule has 0 aromatic heterocycles. The Labute approximate surface area is 191 Å². The Morgan fingerprint density at radius 3 is 2.42 bits per heavy atom. The molecule has 1 amide bonds. The van der Waals surface area contributed by atoms with Crippen LogP contribution in [0.15, 0.2) is 42.5 Å². The fraction of sp³-hybridized carbons (Fsp3) is 0.480. The molecular formula is C25H28F3NO4. The van der Waals surface area contributed by atoms with E-state index in [4.69, 9.17) is 9.47 Å². The van der Waals surface area contributed by atoms with Gasteiger partial charge in [-0.1, -0.05) is 18.2 Å². The zero-order valence-corrected chi connectivity index (χ0v) is 18.5. The van der Waals surface area contributed by atoms with Crippen molar-refractivity contribution in [3.63, 3.8) is 0 Å². The standard InChI is InChI=1S/C25H28F3NO4/c1-31-22-11-8-17(14-23(22)32-20-4-2-3-5-20)19-13-18(24(30)29-15-19)12-16-6-9-21(10-7-16)33-25(26,27)28/h6-11,14,18-20H,2-5,12-13,15H2,1H3,(H,29,30). The quantitative estimate of drug-likeness (QED) is 0.599. The highest BCUT2D eigenvalue weighted by Crippen LogP contribution is 2.37. The summed E-state index contributed by atoms with van der Waals surface area (Å²) in [5, 5.41) is 2.98. The van der Waals surface area contributed by atoms with Gasteiger partial charge in [0.2, 0.25) is 5.91 Å². The SMILES string of the molecule is COc1ccc(C2CNC(=O)C(Cc3ccc(OC(F)(F)F)cc3)C2)cc1OC1CCCC1. The van der Waals surface area contributed by atoms with Crippen LogP contribution in [-0.4, -0.2) is 32.0 Å². The Morgan fingerprint density at radius 1 is 1.03 bits per heavy atom. The lowest BCUT2D eigenvalue weighted by molar-refractivity contribution is -0.274. The largest absolute Gasteiger partial charge is 0.573 e. The summed E-state index contributed by atoms with van der Waals surface area (Å²) < 4.78 is 52.7. The predicted molar refractivity (Wildman–Crippen MR) is 117 cm³/mol. The van der Waals surface area contributed by atoms with Gasteiger partial charge in [0.1, 0.15) is 5.75 Å². The molecule has 2 unspecified atom stereocenters. The molecule has 0 radical (unpaired) electrons. The smallest absolute Gasteiger partial charge is 0.493 e. The molecule has 178 valence electrons. The number of hydrogen-bond acceptors (Lipinski definition) is 4. The molecule has 4 rings (SSSR count). The molecule has 33 heavy (non-hydrogen) atoms. The molecule has 2 atom stereocenters. The normalized spacial score (nSPS) is 21.5. The van der Waals surface area contributed by atoms with Crippen molar-refractivity contribution in [2.24, 2.45) is 5.92 Å². The van der Waals surface area contributed by atoms with Crippen LogP contribution in [0, 0.1) is 5.92 Å². The highest BCUT2D eigenvalue weighted by Gasteiger charge is 2.32. The molecule has 2 fully saturated rings. The van der Waals surface area contributed by atoms with Crippen LogP contribution < -0.4 is 19.5 Å². The first-order valence-corrected chi connectivity index (χ1v) is 11.3. The van der Waals surface area contributed by atoms with E-state index < -0.39 is 6.36 Å². The monoisotopic (exact) mass is 463 g/mol. The second kappa shape index (κ2) is 9.93. The van der Waals surface area contributed by atoms with E-state index in [0.29, 0.717) is 25.1 Å². The number of methoxy groups -OCH3 is 1. The van der Waals surface area contributed by atoms with E-state index in [2.05, 4.69) is 10.1 Å². The maximum atomic E-state index is 12.5. The van der Waals surface area contributed by atoms with E-state index in [-0.39, 0.29) is 29.6 Å². The number of hydrogen-bond donors (Lipinski definition) is 1. The number of carbonyl (C=O) groups excluding carboxylic acids is 1. The first-order valence-electron chi connectivity index (χ1n) is 11.3. The lowest BCUT2D eigenvalue weighted by atomic mass is 9.82. The van der Waals surface area contributed by atoms with Crippen molar-refractivity contribution in [1.29, 1.82) is 0 Å². The van der Waals surface area contributed by atoms with Crippen LogP contribution >= 0.6 is 0 Å². The molecule has 1 aliphatic heterocycles. The number of halogens is 3. The minimum Gasteiger partial charge on any atom is -0.493 e. The van der Waals surface area contributed by atoms with E-state index in [9.17, 15) is 18.0 Å². The van der Waals surface area contributed by atoms with Gasteiger partial charge in [-0.15, -0.1) is 13.2 Å². The summed E-state index contributed by atoms with van der Waals surface area (Å²) in [6.45, 7) is 0.531. The molecule has 0 spiro atoms. The van der Waals surface area contributed by atoms with E-state index in [1.165, 1.54) is 25.0 Å². The minimum absolute atomic E-state index is 0.0437. The molecule has 1 heterocycles. The maximum absolute atomic E-state index is 12.5. The number of benzene rings is 2. The average molecular weight is 463 g/mol. The molecule has 5 nitrogen and oxygen atoms in total. The molecule has 1 aliphatic carbocycles. The molecule has 1 saturated heterocycles. The van der Waals surface area contributed by atoms with Gasteiger partial charge in [-0.05, 0) is 73.9 Å². The highest BCUT2D eigenvalue weighted by atomic mass is 19.4. The first kappa shape index (κ1) is 23.3. The van der Waals surface area contributed by atoms with Gasteiger partial charge in [-0.3, -0.25) is 4.79 Å². The van der Waals surface area contributed by atoms with Crippen LogP contribution in [0.1, 0.15) is 49.1 Å². The van der Waals surface area contributed by atoms with Gasteiger partial charge in [-0.25, -0.2) is 0 Å². The maximum Gasteiger partial charge on any atom is 0.573 e. The summed E-state index contributed by atoms with van der Waals surface area (Å²) in [5.41, 5.74) is 1.85. The van der Waals surface area contributed by atoms with E-state index in [1.54, 1.807) is 19.2 Å². The van der Waals surface area contributed by atoms with Crippen molar-refractivity contribution in [3.05, 3.63) is 53.6 Å². The Kier molecular flexibility index (Phi) is 7.00. The van der Waals surface area contributed by atoms with E-state index in [0.717, 1.165) is 29.7 Å². The Hall–Kier alpha value is -2.90. The van der Waals surface area contributed by atoms with Gasteiger partial charge < -0.3 is 19.5 Å². The zero-order chi connectivity index (χ0) is 23.4. The summed E-state index contributed by atoms with van der Waals surface area (Å²) in [7, 11) is 1.62. The summed E-state index contributed by atoms with van der Waals surface area (Å²) in [6, 6.07) is 11.6. The Balaban J connectivity index is 1.44. The van der Waals surface area contributed by atoms with E-state index in [1.807, 2.05) is 18.2 Å². The average Bonchev–Trinajstić information content (AvgIpc) is 3.29. The van der Waals surface area contributed by atoms with Crippen molar-refractivity contribution < 1.29 is 32.2 Å². The fourth-order valence-corrected chi connectivity index (χ4v) is 4.67. The number of nitrogens with one attached hydrogen (secondary N) is 1. The summed E-state index contributed by atoms with van der Waals surface area (Å²) >= 11 is 0. The number of carbonyl (C=O) groups is 1. The summed E-state index contributed by atoms with van der Waals surface area (Å²) in [6.07, 6.45) is 0.994. The number of ether oxygens (including phenoxy) is 3. The Bertz CT molecular complexity index is 955. The van der Waals surface area contributed by atoms with Crippen LogP contribution in [0.25, 0.3) is 0 Å². The highest BCUT2D eigenvalue weighted by molar-refractivity contribution is 5.80. The molecule has 1 N–H and O–H groups in total. The van der Waals surface area contributed by atoms with Crippen LogP contribution in [0.4, 0.5) is 13.2 Å². The molecule has 1 saturated carbocycles. The Morgan fingerprint density at radius 2 is 1.76 bits per heavy atom. The van der Waals surface area contributed by atoms with Gasteiger partial charge in [0.25, 0.3) is 0 Å². The molecule has 2 aromatic carbocycles. The van der Waals surface area contributed by atoms with Crippen molar-refractivity contribution in [1.82, 2.24) is 5.32 Å². The number of piperidine rings is 1. The number of alkyl halides is 3. The van der Waals surface area contributed by atoms with Gasteiger partial charge in [0.05, 0.1) is 13.2 Å². The van der Waals surface area contributed by atoms with Gasteiger partial charge in [0, 0.05) is 18.4 Å². The van der Waals surface area contributed by atoms with Crippen molar-refractivity contribution in [2.75, 3.05) is 13.7 Å². The summed E-state index contributed by atoms with van der Waals surface area (Å²) in [4.78, 5) is 12.5. The molecule has 2 aromatic rings. The third kappa shape index (κ3) is 6.12. The van der Waals surface area contributed by atoms with Gasteiger partial charge >= 0.3 is 6.36 Å².